The van der Waals surface area contributed by atoms with Crippen molar-refractivity contribution in [1.82, 2.24) is 0 Å². The molecule has 1 heterocycles. The molecule has 18 nitrogen and oxygen atoms in total. The molecule has 5 rings (SSSR count). The van der Waals surface area contributed by atoms with E-state index in [1.165, 1.54) is 108 Å². The summed E-state index contributed by atoms with van der Waals surface area (Å²) in [5, 5.41) is 46.3. The molecule has 0 fully saturated rings. The number of carbonyl (C=O) groups is 2. The molecule has 18 heteroatoms. The molecule has 0 saturated carbocycles. The maximum absolute atomic E-state index is 14.1. The summed E-state index contributed by atoms with van der Waals surface area (Å²) in [5.74, 6) is -3.95. The number of allylic oxidation sites excluding steroid dienone is 1. The number of rotatable bonds is 13. The summed E-state index contributed by atoms with van der Waals surface area (Å²) in [7, 11) is 0. The highest BCUT2D eigenvalue weighted by atomic mass is 16.6. The van der Waals surface area contributed by atoms with E-state index in [1.54, 1.807) is 13.8 Å². The molecule has 0 bridgehead atoms. The lowest BCUT2D eigenvalue weighted by molar-refractivity contribution is -0.385. The van der Waals surface area contributed by atoms with Crippen LogP contribution in [-0.4, -0.2) is 50.6 Å². The van der Waals surface area contributed by atoms with Gasteiger partial charge in [0.2, 0.25) is 0 Å². The van der Waals surface area contributed by atoms with E-state index < -0.39 is 49.5 Å². The van der Waals surface area contributed by atoms with Crippen molar-refractivity contribution >= 4 is 51.8 Å². The zero-order chi connectivity index (χ0) is 39.1. The molecule has 0 saturated heterocycles. The van der Waals surface area contributed by atoms with Crippen molar-refractivity contribution < 1.29 is 38.8 Å². The first-order chi connectivity index (χ1) is 25.8. The first-order valence-electron chi connectivity index (χ1n) is 16.3. The van der Waals surface area contributed by atoms with Gasteiger partial charge < -0.3 is 14.4 Å². The second kappa shape index (κ2) is 16.3. The van der Waals surface area contributed by atoms with Gasteiger partial charge in [0.1, 0.15) is 11.4 Å². The minimum absolute atomic E-state index is 0.0617. The average molecular weight is 739 g/mol. The van der Waals surface area contributed by atoms with Crippen LogP contribution in [0.25, 0.3) is 0 Å². The summed E-state index contributed by atoms with van der Waals surface area (Å²) < 4.78 is 11.0. The van der Waals surface area contributed by atoms with Crippen molar-refractivity contribution in [3.05, 3.63) is 160 Å². The Morgan fingerprint density at radius 2 is 1.06 bits per heavy atom. The fourth-order valence-electron chi connectivity index (χ4n) is 6.11. The smallest absolute Gasteiger partial charge is 0.354 e. The Labute approximate surface area is 305 Å². The Morgan fingerprint density at radius 3 is 1.50 bits per heavy atom. The number of nitrogens with zero attached hydrogens (tertiary/aromatic N) is 6. The molecule has 276 valence electrons. The maximum Gasteiger partial charge on any atom is 0.354 e. The van der Waals surface area contributed by atoms with Crippen molar-refractivity contribution in [1.29, 1.82) is 0 Å². The number of anilines is 1. The van der Waals surface area contributed by atoms with Crippen molar-refractivity contribution in [2.24, 2.45) is 10.9 Å². The number of ether oxygens (including phenoxy) is 2. The van der Waals surface area contributed by atoms with Gasteiger partial charge in [-0.05, 0) is 55.3 Å². The van der Waals surface area contributed by atoms with Gasteiger partial charge in [-0.3, -0.25) is 40.5 Å². The highest BCUT2D eigenvalue weighted by Crippen LogP contribution is 2.49. The fraction of sp³-hybridized carbons (Fsp3) is 0.194. The Bertz CT molecular complexity index is 2150. The van der Waals surface area contributed by atoms with E-state index in [0.29, 0.717) is 11.1 Å². The van der Waals surface area contributed by atoms with E-state index in [1.807, 2.05) is 0 Å². The molecule has 0 radical (unpaired) electrons. The zero-order valence-corrected chi connectivity index (χ0v) is 28.5. The number of carbonyl (C=O) groups excluding carboxylic acids is 2. The molecule has 0 aromatic heterocycles. The van der Waals surface area contributed by atoms with Crippen LogP contribution in [0, 0.1) is 46.4 Å². The standard InChI is InChI=1S/C36H30N6O12/c1-3-53-35(43)31-21-30(22-5-11-26(12-6-22)39(45)46)32(33(36(44)54-4-2)37-24-9-15-28(16-10-24)41(49)50)34(23-7-13-27(14-8-23)40(47)48)38(31)25-17-19-29(20-18-25)42(51)52/h5-21,30,32,34H,3-4H2,1-2H3/t30-,32-,34-/m0/s1. The minimum atomic E-state index is -1.18. The van der Waals surface area contributed by atoms with Crippen LogP contribution in [0.2, 0.25) is 0 Å². The second-order valence-corrected chi connectivity index (χ2v) is 11.6. The molecular weight excluding hydrogens is 708 g/mol. The lowest BCUT2D eigenvalue weighted by Crippen LogP contribution is -2.47. The largest absolute Gasteiger partial charge is 0.461 e. The lowest BCUT2D eigenvalue weighted by Gasteiger charge is -2.45. The van der Waals surface area contributed by atoms with E-state index >= 15 is 0 Å². The molecule has 3 atom stereocenters. The van der Waals surface area contributed by atoms with Crippen LogP contribution in [0.1, 0.15) is 36.9 Å². The Morgan fingerprint density at radius 1 is 0.630 bits per heavy atom. The van der Waals surface area contributed by atoms with Gasteiger partial charge >= 0.3 is 11.9 Å². The number of benzene rings is 4. The Balaban J connectivity index is 1.90. The third kappa shape index (κ3) is 8.07. The van der Waals surface area contributed by atoms with Gasteiger partial charge in [0, 0.05) is 66.1 Å². The van der Waals surface area contributed by atoms with E-state index in [4.69, 9.17) is 9.47 Å². The average Bonchev–Trinajstić information content (AvgIpc) is 3.16. The molecule has 0 aliphatic carbocycles. The molecule has 0 unspecified atom stereocenters. The van der Waals surface area contributed by atoms with Gasteiger partial charge in [-0.2, -0.15) is 0 Å². The van der Waals surface area contributed by atoms with Gasteiger partial charge in [-0.15, -0.1) is 0 Å². The number of hydrogen-bond acceptors (Lipinski definition) is 14. The first kappa shape index (κ1) is 37.9. The highest BCUT2D eigenvalue weighted by Gasteiger charge is 2.47. The van der Waals surface area contributed by atoms with Crippen LogP contribution in [0.5, 0.6) is 0 Å². The molecule has 0 spiro atoms. The van der Waals surface area contributed by atoms with Gasteiger partial charge in [0.15, 0.2) is 0 Å². The molecule has 4 aromatic carbocycles. The van der Waals surface area contributed by atoms with E-state index in [9.17, 15) is 50.0 Å². The quantitative estimate of drug-likeness (QED) is 0.0578. The number of esters is 2. The number of aliphatic imine (C=N–C) groups is 1. The van der Waals surface area contributed by atoms with Crippen LogP contribution in [0.15, 0.2) is 114 Å². The molecule has 1 aliphatic rings. The summed E-state index contributed by atoms with van der Waals surface area (Å²) in [6, 6.07) is 19.7. The third-order valence-corrected chi connectivity index (χ3v) is 8.47. The van der Waals surface area contributed by atoms with Gasteiger partial charge in [-0.25, -0.2) is 14.6 Å². The summed E-state index contributed by atoms with van der Waals surface area (Å²) in [5.41, 5.74) is -0.355. The number of nitro groups is 4. The van der Waals surface area contributed by atoms with Crippen LogP contribution < -0.4 is 4.90 Å². The van der Waals surface area contributed by atoms with Crippen LogP contribution in [0.3, 0.4) is 0 Å². The van der Waals surface area contributed by atoms with Crippen molar-refractivity contribution in [2.45, 2.75) is 25.8 Å². The van der Waals surface area contributed by atoms with Crippen LogP contribution in [0.4, 0.5) is 34.1 Å². The van der Waals surface area contributed by atoms with E-state index in [-0.39, 0.29) is 58.7 Å². The summed E-state index contributed by atoms with van der Waals surface area (Å²) >= 11 is 0. The monoisotopic (exact) mass is 738 g/mol. The fourth-order valence-corrected chi connectivity index (χ4v) is 6.11. The normalized spacial score (nSPS) is 16.9. The van der Waals surface area contributed by atoms with E-state index in [0.717, 1.165) is 0 Å². The zero-order valence-electron chi connectivity index (χ0n) is 28.5. The first-order valence-corrected chi connectivity index (χ1v) is 16.3. The summed E-state index contributed by atoms with van der Waals surface area (Å²) in [6.07, 6.45) is 1.48. The van der Waals surface area contributed by atoms with Gasteiger partial charge in [-0.1, -0.05) is 24.3 Å². The SMILES string of the molecule is CCOC(=O)C1=C[C@@H](c2ccc([N+](=O)[O-])cc2)[C@@H](C(=Nc2ccc([N+](=O)[O-])cc2)C(=O)OCC)[C@H](c2ccc([N+](=O)[O-])cc2)N1c1ccc([N+](=O)[O-])cc1. The summed E-state index contributed by atoms with van der Waals surface area (Å²) in [4.78, 5) is 78.0. The van der Waals surface area contributed by atoms with Gasteiger partial charge in [0.05, 0.1) is 44.6 Å². The Hall–Kier alpha value is -7.37. The van der Waals surface area contributed by atoms with Crippen molar-refractivity contribution in [2.75, 3.05) is 18.1 Å². The second-order valence-electron chi connectivity index (χ2n) is 11.6. The van der Waals surface area contributed by atoms with Gasteiger partial charge in [0.25, 0.3) is 22.7 Å². The molecule has 4 aromatic rings. The maximum atomic E-state index is 14.1. The summed E-state index contributed by atoms with van der Waals surface area (Å²) in [6.45, 7) is 2.97. The molecule has 0 amide bonds. The topological polar surface area (TPSA) is 241 Å². The predicted molar refractivity (Wildman–Crippen MR) is 192 cm³/mol. The number of nitro benzene ring substituents is 4. The molecular formula is C36H30N6O12. The number of non-ortho nitro benzene ring substituents is 4. The van der Waals surface area contributed by atoms with Crippen molar-refractivity contribution in [3.8, 4) is 0 Å². The predicted octanol–water partition coefficient (Wildman–Crippen LogP) is 7.06. The van der Waals surface area contributed by atoms with E-state index in [2.05, 4.69) is 4.99 Å². The van der Waals surface area contributed by atoms with Crippen LogP contribution in [-0.2, 0) is 19.1 Å². The van der Waals surface area contributed by atoms with Crippen LogP contribution >= 0.6 is 0 Å². The highest BCUT2D eigenvalue weighted by molar-refractivity contribution is 6.38. The molecule has 0 N–H and O–H groups in total. The molecule has 54 heavy (non-hydrogen) atoms. The molecule has 1 aliphatic heterocycles. The lowest BCUT2D eigenvalue weighted by atomic mass is 9.72. The Kier molecular flexibility index (Phi) is 11.4. The minimum Gasteiger partial charge on any atom is -0.461 e. The van der Waals surface area contributed by atoms with Crippen molar-refractivity contribution in [3.63, 3.8) is 0 Å². The third-order valence-electron chi connectivity index (χ3n) is 8.47. The number of hydrogen-bond donors (Lipinski definition) is 0.